The monoisotopic (exact) mass is 1040 g/mol. The average molecular weight is 1040 g/mol. The summed E-state index contributed by atoms with van der Waals surface area (Å²) >= 11 is 0. The van der Waals surface area contributed by atoms with E-state index in [0.717, 1.165) is 57.3 Å². The van der Waals surface area contributed by atoms with Gasteiger partial charge in [-0.1, -0.05) is 91.8 Å². The Kier molecular flexibility index (Phi) is 25.3. The topological polar surface area (TPSA) is 250 Å². The number of carbonyl (C=O) groups excluding carboxylic acids is 5. The summed E-state index contributed by atoms with van der Waals surface area (Å²) in [7, 11) is 1.34. The summed E-state index contributed by atoms with van der Waals surface area (Å²) in [6.07, 6.45) is 10.0. The average Bonchev–Trinajstić information content (AvgIpc) is 3.31. The van der Waals surface area contributed by atoms with Gasteiger partial charge in [-0.05, 0) is 133 Å². The summed E-state index contributed by atoms with van der Waals surface area (Å²) in [6, 6.07) is 13.4. The number of ether oxygens (including phenoxy) is 1. The number of amides is 4. The van der Waals surface area contributed by atoms with Gasteiger partial charge in [-0.15, -0.1) is 0 Å². The number of aromatic nitrogens is 2. The first kappa shape index (κ1) is 66.2. The molecule has 0 spiro atoms. The van der Waals surface area contributed by atoms with Crippen molar-refractivity contribution in [3.63, 3.8) is 0 Å². The van der Waals surface area contributed by atoms with Crippen LogP contribution < -0.4 is 29.5 Å². The number of carboxylic acids is 1. The molecule has 76 heavy (non-hydrogen) atoms. The number of aliphatic carboxylic acids is 1. The molecule has 2 aromatic carbocycles. The van der Waals surface area contributed by atoms with Crippen LogP contribution >= 0.6 is 0 Å². The first-order chi connectivity index (χ1) is 34.3. The van der Waals surface area contributed by atoms with Crippen LogP contribution in [0, 0.1) is 50.4 Å². The largest absolute Gasteiger partial charge is 1.00 e. The second-order valence-corrected chi connectivity index (χ2v) is 22.7. The van der Waals surface area contributed by atoms with Crippen LogP contribution in [-0.2, 0) is 33.5 Å². The normalized spacial score (nSPS) is 16.3. The van der Waals surface area contributed by atoms with E-state index in [9.17, 15) is 33.9 Å². The summed E-state index contributed by atoms with van der Waals surface area (Å²) in [6.45, 7) is 25.8. The number of aryl methyl sites for hydroxylation is 4. The molecule has 410 valence electrons. The molecule has 2 aliphatic rings. The van der Waals surface area contributed by atoms with E-state index in [1.54, 1.807) is 34.6 Å². The molecule has 4 aromatic rings. The zero-order valence-corrected chi connectivity index (χ0v) is 47.5. The van der Waals surface area contributed by atoms with Crippen LogP contribution in [-0.4, -0.2) is 104 Å². The van der Waals surface area contributed by atoms with Crippen molar-refractivity contribution in [2.24, 2.45) is 22.7 Å². The number of rotatable bonds is 18. The molecule has 0 aliphatic carbocycles. The number of hydrogen-bond acceptors (Lipinski definition) is 10. The van der Waals surface area contributed by atoms with Crippen molar-refractivity contribution >= 4 is 35.6 Å². The molecular weight excluding hydrogens is 960 g/mol. The Morgan fingerprint density at radius 3 is 1.33 bits per heavy atom. The first-order valence-electron chi connectivity index (χ1n) is 25.8. The van der Waals surface area contributed by atoms with Crippen LogP contribution in [0.4, 0.5) is 0 Å². The SMILES string of the molecule is COC(=O)C[C@H](NC(=O)C(CC(C)C)N1CC(C)(C)CCC1=O)c1cncc(-c2c(C)cccc2C)c1.Cc1cccc(C)c1-c1cncc([C@H](CC(=O)O)NC(=O)C(CC(C)C)N2CC(C)(C)CCC2=O)c1.O.[Li+].[OH-]. The van der Waals surface area contributed by atoms with Gasteiger partial charge in [0.15, 0.2) is 0 Å². The quantitative estimate of drug-likeness (QED) is 0.0746. The Balaban J connectivity index is 0.000000500. The Morgan fingerprint density at radius 1 is 0.645 bits per heavy atom. The number of nitrogens with one attached hydrogen (secondary N) is 2. The van der Waals surface area contributed by atoms with Gasteiger partial charge in [-0.25, -0.2) is 0 Å². The number of methoxy groups -OCH3 is 1. The maximum atomic E-state index is 13.8. The van der Waals surface area contributed by atoms with E-state index in [2.05, 4.69) is 74.3 Å². The van der Waals surface area contributed by atoms with Gasteiger partial charge >= 0.3 is 30.8 Å². The van der Waals surface area contributed by atoms with Crippen LogP contribution in [0.5, 0.6) is 0 Å². The van der Waals surface area contributed by atoms with Crippen molar-refractivity contribution in [1.29, 1.82) is 0 Å². The molecule has 0 saturated carbocycles. The summed E-state index contributed by atoms with van der Waals surface area (Å²) < 4.78 is 4.95. The molecule has 2 saturated heterocycles. The molecule has 4 amide bonds. The number of pyridine rings is 2. The molecule has 0 radical (unpaired) electrons. The number of benzene rings is 2. The van der Waals surface area contributed by atoms with E-state index in [1.165, 1.54) is 7.11 Å². The van der Waals surface area contributed by atoms with Gasteiger partial charge in [-0.2, -0.15) is 0 Å². The Bertz CT molecular complexity index is 2600. The molecule has 4 atom stereocenters. The van der Waals surface area contributed by atoms with E-state index in [-0.39, 0.29) is 88.9 Å². The van der Waals surface area contributed by atoms with Crippen molar-refractivity contribution in [2.45, 2.75) is 159 Å². The van der Waals surface area contributed by atoms with Gasteiger partial charge in [0.2, 0.25) is 23.6 Å². The molecular formula is C59H83LiN6O10. The van der Waals surface area contributed by atoms with Gasteiger partial charge in [0.25, 0.3) is 0 Å². The molecule has 2 fully saturated rings. The summed E-state index contributed by atoms with van der Waals surface area (Å²) in [5.41, 5.74) is 9.56. The molecule has 4 heterocycles. The molecule has 2 aliphatic heterocycles. The minimum atomic E-state index is -1.02. The Hall–Kier alpha value is -5.92. The van der Waals surface area contributed by atoms with Gasteiger partial charge in [0.1, 0.15) is 12.1 Å². The second kappa shape index (κ2) is 29.0. The minimum absolute atomic E-state index is 0. The molecule has 17 heteroatoms. The maximum Gasteiger partial charge on any atom is 1.00 e. The fraction of sp³-hybridized carbons (Fsp3) is 0.525. The van der Waals surface area contributed by atoms with Gasteiger partial charge in [0, 0.05) is 61.8 Å². The first-order valence-corrected chi connectivity index (χ1v) is 25.8. The van der Waals surface area contributed by atoms with Crippen LogP contribution in [0.25, 0.3) is 22.3 Å². The number of piperidine rings is 2. The third-order valence-electron chi connectivity index (χ3n) is 14.1. The number of esters is 1. The third-order valence-corrected chi connectivity index (χ3v) is 14.1. The molecule has 2 aromatic heterocycles. The second-order valence-electron chi connectivity index (χ2n) is 22.7. The van der Waals surface area contributed by atoms with Crippen LogP contribution in [0.2, 0.25) is 0 Å². The number of nitrogens with zero attached hydrogens (tertiary/aromatic N) is 4. The summed E-state index contributed by atoms with van der Waals surface area (Å²) in [5.74, 6) is -1.66. The molecule has 6 N–H and O–H groups in total. The van der Waals surface area contributed by atoms with Gasteiger partial charge < -0.3 is 41.2 Å². The van der Waals surface area contributed by atoms with Crippen LogP contribution in [0.1, 0.15) is 152 Å². The maximum absolute atomic E-state index is 13.8. The predicted octanol–water partition coefficient (Wildman–Crippen LogP) is 6.21. The predicted molar refractivity (Wildman–Crippen MR) is 290 cm³/mol. The van der Waals surface area contributed by atoms with Crippen molar-refractivity contribution in [1.82, 2.24) is 30.4 Å². The molecule has 2 unspecified atom stereocenters. The van der Waals surface area contributed by atoms with Crippen LogP contribution in [0.15, 0.2) is 73.3 Å². The zero-order chi connectivity index (χ0) is 53.9. The van der Waals surface area contributed by atoms with Crippen molar-refractivity contribution in [3.05, 3.63) is 107 Å². The summed E-state index contributed by atoms with van der Waals surface area (Å²) in [5, 5.41) is 15.7. The van der Waals surface area contributed by atoms with Crippen LogP contribution in [0.3, 0.4) is 0 Å². The smallest absolute Gasteiger partial charge is 0.870 e. The zero-order valence-electron chi connectivity index (χ0n) is 47.5. The van der Waals surface area contributed by atoms with Crippen molar-refractivity contribution in [2.75, 3.05) is 20.2 Å². The van der Waals surface area contributed by atoms with E-state index >= 15 is 0 Å². The van der Waals surface area contributed by atoms with E-state index in [4.69, 9.17) is 4.74 Å². The Morgan fingerprint density at radius 2 is 1.00 bits per heavy atom. The minimum Gasteiger partial charge on any atom is -0.870 e. The fourth-order valence-electron chi connectivity index (χ4n) is 10.2. The standard InChI is InChI=1S/C30H41N3O4.C29H39N3O4.Li.2H2O/c1-19(2)13-25(33-18-30(5,6)12-11-26(33)34)29(36)32-24(15-27(35)37-7)22-14-23(17-31-16-22)28-20(3)9-8-10-21(28)4;1-18(2)12-24(32-17-29(5,6)11-10-25(32)33)28(36)31-23(14-26(34)35)21-13-22(16-30-15-21)27-19(3)8-7-9-20(27)4;;;/h8-10,14,16-17,19,24-25H,11-13,15,18H2,1-7H3,(H,32,36);7-9,13,15-16,18,23-24H,10-12,14,17H2,1-6H3,(H,31,36)(H,34,35);;2*1H2/q;;+1;;/p-1/t24-,25?;23-,24?;;;/m00.../s1. The van der Waals surface area contributed by atoms with Gasteiger partial charge in [0.05, 0.1) is 32.0 Å². The van der Waals surface area contributed by atoms with E-state index in [0.29, 0.717) is 49.9 Å². The number of carbonyl (C=O) groups is 6. The van der Waals surface area contributed by atoms with Crippen molar-refractivity contribution < 1.29 is 68.4 Å². The fourth-order valence-corrected chi connectivity index (χ4v) is 10.2. The third kappa shape index (κ3) is 18.1. The molecule has 16 nitrogen and oxygen atoms in total. The molecule has 0 bridgehead atoms. The van der Waals surface area contributed by atoms with Crippen molar-refractivity contribution in [3.8, 4) is 22.3 Å². The van der Waals surface area contributed by atoms with E-state index < -0.39 is 36.1 Å². The number of carboxylic acid groups (broad SMARTS) is 1. The van der Waals surface area contributed by atoms with Gasteiger partial charge in [-0.3, -0.25) is 38.7 Å². The Labute approximate surface area is 462 Å². The van der Waals surface area contributed by atoms with E-state index in [1.807, 2.05) is 77.9 Å². The number of hydrogen-bond donors (Lipinski definition) is 3. The summed E-state index contributed by atoms with van der Waals surface area (Å²) in [4.78, 5) is 89.6. The number of likely N-dealkylation sites (tertiary alicyclic amines) is 2. The molecule has 6 rings (SSSR count).